The zero-order valence-electron chi connectivity index (χ0n) is 7.42. The summed E-state index contributed by atoms with van der Waals surface area (Å²) in [7, 11) is -2.61. The lowest BCUT2D eigenvalue weighted by Crippen LogP contribution is -1.87. The molecule has 1 aromatic rings. The van der Waals surface area contributed by atoms with Gasteiger partial charge in [-0.05, 0) is 18.6 Å². The summed E-state index contributed by atoms with van der Waals surface area (Å²) in [5.74, 6) is 0. The van der Waals surface area contributed by atoms with E-state index in [-0.39, 0.29) is 0 Å². The Morgan fingerprint density at radius 1 is 1.23 bits per heavy atom. The third kappa shape index (κ3) is 11.1. The number of nitrogens with zero attached hydrogens (tertiary/aromatic N) is 1. The van der Waals surface area contributed by atoms with Crippen LogP contribution in [-0.4, -0.2) is 20.0 Å². The van der Waals surface area contributed by atoms with Crippen LogP contribution in [0, 0.1) is 0 Å². The van der Waals surface area contributed by atoms with Gasteiger partial charge in [0.1, 0.15) is 0 Å². The predicted molar refractivity (Wildman–Crippen MR) is 50.8 cm³/mol. The Morgan fingerprint density at radius 2 is 1.85 bits per heavy atom. The van der Waals surface area contributed by atoms with Crippen molar-refractivity contribution in [2.24, 2.45) is 0 Å². The van der Waals surface area contributed by atoms with Crippen LogP contribution in [0.4, 0.5) is 0 Å². The van der Waals surface area contributed by atoms with Crippen LogP contribution in [0.3, 0.4) is 0 Å². The minimum Gasteiger partial charge on any atom is -0.272 e. The second kappa shape index (κ2) is 9.15. The normalized spacial score (nSPS) is 9.08. The fraction of sp³-hybridized carbons (Fsp3) is 0.375. The number of aromatic nitrogens is 1. The summed E-state index contributed by atoms with van der Waals surface area (Å²) >= 11 is 0. The highest BCUT2D eigenvalue weighted by Gasteiger charge is 1.79. The van der Waals surface area contributed by atoms with Crippen molar-refractivity contribution in [2.75, 3.05) is 6.61 Å². The summed E-state index contributed by atoms with van der Waals surface area (Å²) in [6.45, 7) is 2.15. The van der Waals surface area contributed by atoms with Crippen molar-refractivity contribution in [3.63, 3.8) is 0 Å². The van der Waals surface area contributed by atoms with Gasteiger partial charge in [0.2, 0.25) is 0 Å². The van der Waals surface area contributed by atoms with Gasteiger partial charge in [0.15, 0.2) is 0 Å². The van der Waals surface area contributed by atoms with Gasteiger partial charge in [-0.15, -0.1) is 0 Å². The number of thiol groups is 1. The molecule has 0 bridgehead atoms. The maximum atomic E-state index is 9.57. The molecule has 0 unspecified atom stereocenters. The maximum Gasteiger partial charge on any atom is 0.257 e. The zero-order valence-corrected chi connectivity index (χ0v) is 8.31. The molecule has 1 rings (SSSR count). The van der Waals surface area contributed by atoms with Crippen LogP contribution in [0.15, 0.2) is 30.6 Å². The molecule has 0 spiro atoms. The Bertz CT molecular complexity index is 227. The largest absolute Gasteiger partial charge is 0.272 e. The van der Waals surface area contributed by atoms with Crippen molar-refractivity contribution < 1.29 is 12.6 Å². The lowest BCUT2D eigenvalue weighted by molar-refractivity contribution is 0.333. The molecule has 0 aliphatic carbocycles. The average Bonchev–Trinajstić information content (AvgIpc) is 2.18. The van der Waals surface area contributed by atoms with Crippen molar-refractivity contribution >= 4 is 11.0 Å². The molecule has 1 heterocycles. The van der Waals surface area contributed by atoms with Crippen molar-refractivity contribution in [3.8, 4) is 0 Å². The van der Waals surface area contributed by atoms with E-state index in [1.54, 1.807) is 12.4 Å². The van der Waals surface area contributed by atoms with E-state index in [1.807, 2.05) is 25.1 Å². The van der Waals surface area contributed by atoms with Crippen LogP contribution < -0.4 is 0 Å². The van der Waals surface area contributed by atoms with Crippen LogP contribution in [0.25, 0.3) is 0 Å². The Hall–Kier alpha value is -0.940. The smallest absolute Gasteiger partial charge is 0.257 e. The number of hydrogen-bond acceptors (Lipinski definition) is 4. The van der Waals surface area contributed by atoms with E-state index in [9.17, 15) is 8.42 Å². The van der Waals surface area contributed by atoms with Gasteiger partial charge in [0.05, 0.1) is 6.61 Å². The van der Waals surface area contributed by atoms with Crippen LogP contribution in [0.1, 0.15) is 13.3 Å². The molecule has 0 aliphatic heterocycles. The first-order chi connectivity index (χ1) is 6.27. The Morgan fingerprint density at radius 3 is 2.00 bits per heavy atom. The van der Waals surface area contributed by atoms with Crippen LogP contribution in [0.5, 0.6) is 0 Å². The summed E-state index contributed by atoms with van der Waals surface area (Å²) in [4.78, 5) is 3.78. The van der Waals surface area contributed by atoms with E-state index in [0.717, 1.165) is 6.42 Å². The topological polar surface area (TPSA) is 56.3 Å². The Kier molecular flexibility index (Phi) is 8.49. The molecule has 74 valence electrons. The first-order valence-electron chi connectivity index (χ1n) is 3.89. The monoisotopic (exact) mass is 203 g/mol. The van der Waals surface area contributed by atoms with Gasteiger partial charge < -0.3 is 0 Å². The minimum absolute atomic E-state index is 0.304. The van der Waals surface area contributed by atoms with Gasteiger partial charge in [-0.3, -0.25) is 9.17 Å². The number of rotatable bonds is 3. The van der Waals surface area contributed by atoms with E-state index < -0.39 is 11.0 Å². The maximum absolute atomic E-state index is 9.57. The molecule has 5 heteroatoms. The van der Waals surface area contributed by atoms with E-state index in [2.05, 4.69) is 9.17 Å². The molecule has 0 atom stereocenters. The summed E-state index contributed by atoms with van der Waals surface area (Å²) in [5, 5.41) is 0. The van der Waals surface area contributed by atoms with Crippen molar-refractivity contribution in [2.45, 2.75) is 13.3 Å². The average molecular weight is 203 g/mol. The van der Waals surface area contributed by atoms with E-state index in [0.29, 0.717) is 6.61 Å². The van der Waals surface area contributed by atoms with Crippen LogP contribution in [-0.2, 0) is 15.2 Å². The summed E-state index contributed by atoms with van der Waals surface area (Å²) < 4.78 is 23.3. The van der Waals surface area contributed by atoms with Gasteiger partial charge in [0, 0.05) is 12.4 Å². The molecular weight excluding hydrogens is 190 g/mol. The fourth-order valence-corrected chi connectivity index (χ4v) is 0.810. The summed E-state index contributed by atoms with van der Waals surface area (Å²) in [6.07, 6.45) is 4.24. The van der Waals surface area contributed by atoms with Crippen molar-refractivity contribution in [1.82, 2.24) is 4.98 Å². The number of pyridine rings is 1. The summed E-state index contributed by atoms with van der Waals surface area (Å²) in [6, 6.07) is 5.72. The quantitative estimate of drug-likeness (QED) is 0.745. The highest BCUT2D eigenvalue weighted by molar-refractivity contribution is 7.67. The van der Waals surface area contributed by atoms with E-state index in [4.69, 9.17) is 0 Å². The molecule has 0 fully saturated rings. The molecule has 0 aliphatic rings. The van der Waals surface area contributed by atoms with Gasteiger partial charge in [-0.25, -0.2) is 8.42 Å². The predicted octanol–water partition coefficient (Wildman–Crippen LogP) is 1.02. The zero-order chi connectivity index (χ0) is 9.94. The Labute approximate surface area is 79.7 Å². The SMILES string of the molecule is CCCO[SH](=O)=O.c1ccncc1. The molecule has 0 amide bonds. The van der Waals surface area contributed by atoms with Crippen molar-refractivity contribution in [1.29, 1.82) is 0 Å². The van der Waals surface area contributed by atoms with E-state index >= 15 is 0 Å². The molecule has 0 N–H and O–H groups in total. The molecule has 0 aromatic carbocycles. The Balaban J connectivity index is 0.000000223. The van der Waals surface area contributed by atoms with Gasteiger partial charge in [-0.1, -0.05) is 13.0 Å². The lowest BCUT2D eigenvalue weighted by Gasteiger charge is -1.84. The van der Waals surface area contributed by atoms with Gasteiger partial charge in [0.25, 0.3) is 11.0 Å². The first kappa shape index (κ1) is 12.1. The van der Waals surface area contributed by atoms with Crippen LogP contribution in [0.2, 0.25) is 0 Å². The molecule has 13 heavy (non-hydrogen) atoms. The van der Waals surface area contributed by atoms with Gasteiger partial charge >= 0.3 is 0 Å². The minimum atomic E-state index is -2.61. The molecule has 0 saturated heterocycles. The third-order valence-corrected chi connectivity index (χ3v) is 1.36. The number of hydrogen-bond donors (Lipinski definition) is 1. The second-order valence-corrected chi connectivity index (χ2v) is 2.79. The van der Waals surface area contributed by atoms with Gasteiger partial charge in [-0.2, -0.15) is 0 Å². The molecule has 1 aromatic heterocycles. The second-order valence-electron chi connectivity index (χ2n) is 2.08. The summed E-state index contributed by atoms with van der Waals surface area (Å²) in [5.41, 5.74) is 0. The van der Waals surface area contributed by atoms with Crippen LogP contribution >= 0.6 is 0 Å². The first-order valence-corrected chi connectivity index (χ1v) is 4.99. The standard InChI is InChI=1S/C5H5N.C3H8O3S/c1-2-4-6-5-3-1;1-2-3-6-7(4)5/h1-5H;7H,2-3H2,1H3. The molecule has 0 saturated carbocycles. The highest BCUT2D eigenvalue weighted by Crippen LogP contribution is 1.76. The molecule has 4 nitrogen and oxygen atoms in total. The lowest BCUT2D eigenvalue weighted by atomic mass is 10.5. The molecule has 0 radical (unpaired) electrons. The highest BCUT2D eigenvalue weighted by atomic mass is 32.2. The molecular formula is C8H13NO3S. The van der Waals surface area contributed by atoms with E-state index in [1.165, 1.54) is 0 Å². The third-order valence-electron chi connectivity index (χ3n) is 0.967. The van der Waals surface area contributed by atoms with Crippen molar-refractivity contribution in [3.05, 3.63) is 30.6 Å². The fourth-order valence-electron chi connectivity index (χ4n) is 0.478.